The quantitative estimate of drug-likeness (QED) is 0.751. The average Bonchev–Trinajstić information content (AvgIpc) is 3.39. The van der Waals surface area contributed by atoms with Crippen molar-refractivity contribution >= 4 is 15.9 Å². The molecule has 0 saturated carbocycles. The van der Waals surface area contributed by atoms with Crippen LogP contribution < -0.4 is 0 Å². The third kappa shape index (κ3) is 3.45. The van der Waals surface area contributed by atoms with E-state index in [9.17, 15) is 13.2 Å². The molecule has 4 rings (SSSR count). The summed E-state index contributed by atoms with van der Waals surface area (Å²) >= 11 is 0. The van der Waals surface area contributed by atoms with Gasteiger partial charge in [0.1, 0.15) is 6.26 Å². The normalized spacial score (nSPS) is 20.3. The van der Waals surface area contributed by atoms with Gasteiger partial charge in [-0.1, -0.05) is 11.2 Å². The fraction of sp³-hybridized carbons (Fsp3) is 0.474. The van der Waals surface area contributed by atoms with Crippen LogP contribution in [0.3, 0.4) is 0 Å². The van der Waals surface area contributed by atoms with Crippen LogP contribution >= 0.6 is 0 Å². The highest BCUT2D eigenvalue weighted by atomic mass is 32.2. The van der Waals surface area contributed by atoms with Crippen molar-refractivity contribution in [1.82, 2.24) is 14.4 Å². The van der Waals surface area contributed by atoms with Crippen LogP contribution in [0, 0.1) is 0 Å². The van der Waals surface area contributed by atoms with Gasteiger partial charge in [0.05, 0.1) is 11.5 Å². The van der Waals surface area contributed by atoms with Gasteiger partial charge in [0, 0.05) is 38.9 Å². The maximum atomic E-state index is 13.2. The van der Waals surface area contributed by atoms with Gasteiger partial charge in [-0.05, 0) is 42.5 Å². The lowest BCUT2D eigenvalue weighted by atomic mass is 9.99. The summed E-state index contributed by atoms with van der Waals surface area (Å²) in [5.74, 6) is -0.215. The first-order valence-corrected chi connectivity index (χ1v) is 10.8. The second kappa shape index (κ2) is 7.65. The minimum absolute atomic E-state index is 0.128. The number of sulfonamides is 1. The first-order valence-electron chi connectivity index (χ1n) is 9.33. The Morgan fingerprint density at radius 3 is 2.89 bits per heavy atom. The van der Waals surface area contributed by atoms with E-state index in [2.05, 4.69) is 5.16 Å². The molecular weight excluding hydrogens is 382 g/mol. The van der Waals surface area contributed by atoms with Crippen LogP contribution in [-0.4, -0.2) is 61.5 Å². The van der Waals surface area contributed by atoms with E-state index in [-0.39, 0.29) is 22.5 Å². The molecule has 2 aliphatic heterocycles. The molecule has 1 amide bonds. The number of ether oxygens (including phenoxy) is 1. The lowest BCUT2D eigenvalue weighted by molar-refractivity contribution is 0.0724. The van der Waals surface area contributed by atoms with E-state index in [0.717, 1.165) is 24.0 Å². The smallest absolute Gasteiger partial charge is 0.276 e. The number of nitrogens with zero attached hydrogens (tertiary/aromatic N) is 3. The molecule has 2 aromatic rings. The van der Waals surface area contributed by atoms with E-state index >= 15 is 0 Å². The molecule has 1 unspecified atom stereocenters. The Morgan fingerprint density at radius 1 is 1.29 bits per heavy atom. The second-order valence-corrected chi connectivity index (χ2v) is 9.05. The largest absolute Gasteiger partial charge is 0.383 e. The second-order valence-electron chi connectivity index (χ2n) is 7.16. The number of aromatic nitrogens is 1. The third-order valence-electron chi connectivity index (χ3n) is 5.42. The highest BCUT2D eigenvalue weighted by Crippen LogP contribution is 2.29. The van der Waals surface area contributed by atoms with Crippen molar-refractivity contribution in [3.8, 4) is 0 Å². The summed E-state index contributed by atoms with van der Waals surface area (Å²) in [6.45, 7) is 1.81. The number of rotatable bonds is 5. The standard InChI is InChI=1S/C19H23N3O5S/c1-26-13-16-3-2-8-22(16)28(24,25)17-5-4-14-6-9-21(12-15(14)11-17)19(23)18-7-10-27-20-18/h4-5,7,10-11,16H,2-3,6,8-9,12-13H2,1H3. The molecule has 28 heavy (non-hydrogen) atoms. The van der Waals surface area contributed by atoms with Crippen LogP contribution in [0.4, 0.5) is 0 Å². The minimum atomic E-state index is -3.60. The molecule has 0 bridgehead atoms. The van der Waals surface area contributed by atoms with Crippen LogP contribution in [-0.2, 0) is 27.7 Å². The third-order valence-corrected chi connectivity index (χ3v) is 7.37. The molecule has 1 saturated heterocycles. The molecule has 0 N–H and O–H groups in total. The SMILES string of the molecule is COCC1CCCN1S(=O)(=O)c1ccc2c(c1)CN(C(=O)c1ccon1)CC2. The molecule has 1 fully saturated rings. The summed E-state index contributed by atoms with van der Waals surface area (Å²) in [7, 11) is -2.02. The van der Waals surface area contributed by atoms with E-state index in [1.165, 1.54) is 12.3 Å². The number of carbonyl (C=O) groups excluding carboxylic acids is 1. The zero-order valence-electron chi connectivity index (χ0n) is 15.7. The predicted octanol–water partition coefficient (Wildman–Crippen LogP) is 1.67. The topological polar surface area (TPSA) is 93.0 Å². The molecule has 1 aromatic carbocycles. The van der Waals surface area contributed by atoms with Crippen molar-refractivity contribution in [2.75, 3.05) is 26.8 Å². The summed E-state index contributed by atoms with van der Waals surface area (Å²) < 4.78 is 37.8. The van der Waals surface area contributed by atoms with Gasteiger partial charge in [0.2, 0.25) is 10.0 Å². The molecule has 0 aliphatic carbocycles. The summed E-state index contributed by atoms with van der Waals surface area (Å²) in [4.78, 5) is 14.5. The zero-order valence-corrected chi connectivity index (χ0v) is 16.5. The predicted molar refractivity (Wildman–Crippen MR) is 100 cm³/mol. The van der Waals surface area contributed by atoms with Gasteiger partial charge in [-0.3, -0.25) is 4.79 Å². The number of fused-ring (bicyclic) bond motifs is 1. The summed E-state index contributed by atoms with van der Waals surface area (Å²) in [6, 6.07) is 6.64. The van der Waals surface area contributed by atoms with Gasteiger partial charge in [0.15, 0.2) is 5.69 Å². The van der Waals surface area contributed by atoms with E-state index in [4.69, 9.17) is 9.26 Å². The van der Waals surface area contributed by atoms with Crippen LogP contribution in [0.2, 0.25) is 0 Å². The van der Waals surface area contributed by atoms with Crippen LogP contribution in [0.25, 0.3) is 0 Å². The number of hydrogen-bond donors (Lipinski definition) is 0. The fourth-order valence-corrected chi connectivity index (χ4v) is 5.70. The lowest BCUT2D eigenvalue weighted by Crippen LogP contribution is -2.38. The Kier molecular flexibility index (Phi) is 5.22. The molecule has 3 heterocycles. The number of amides is 1. The number of benzene rings is 1. The van der Waals surface area contributed by atoms with Crippen molar-refractivity contribution in [2.45, 2.75) is 36.7 Å². The van der Waals surface area contributed by atoms with Crippen LogP contribution in [0.15, 0.2) is 39.9 Å². The Bertz CT molecular complexity index is 958. The monoisotopic (exact) mass is 405 g/mol. The molecule has 150 valence electrons. The summed E-state index contributed by atoms with van der Waals surface area (Å²) in [5.41, 5.74) is 2.18. The minimum Gasteiger partial charge on any atom is -0.383 e. The molecule has 8 nitrogen and oxygen atoms in total. The van der Waals surface area contributed by atoms with E-state index in [0.29, 0.717) is 32.7 Å². The molecule has 0 spiro atoms. The van der Waals surface area contributed by atoms with Gasteiger partial charge >= 0.3 is 0 Å². The molecule has 1 aromatic heterocycles. The Hall–Kier alpha value is -2.23. The van der Waals surface area contributed by atoms with Crippen molar-refractivity contribution in [3.63, 3.8) is 0 Å². The Morgan fingerprint density at radius 2 is 2.14 bits per heavy atom. The molecule has 2 aliphatic rings. The van der Waals surface area contributed by atoms with Gasteiger partial charge in [-0.25, -0.2) is 8.42 Å². The van der Waals surface area contributed by atoms with Gasteiger partial charge in [-0.2, -0.15) is 4.31 Å². The van der Waals surface area contributed by atoms with Gasteiger partial charge < -0.3 is 14.2 Å². The Labute approximate surface area is 164 Å². The highest BCUT2D eigenvalue weighted by Gasteiger charge is 2.36. The lowest BCUT2D eigenvalue weighted by Gasteiger charge is -2.29. The van der Waals surface area contributed by atoms with Crippen LogP contribution in [0.5, 0.6) is 0 Å². The van der Waals surface area contributed by atoms with E-state index in [1.807, 2.05) is 6.07 Å². The fourth-order valence-electron chi connectivity index (χ4n) is 3.97. The maximum Gasteiger partial charge on any atom is 0.276 e. The number of carbonyl (C=O) groups is 1. The van der Waals surface area contributed by atoms with Crippen molar-refractivity contribution in [1.29, 1.82) is 0 Å². The molecule has 1 atom stereocenters. The van der Waals surface area contributed by atoms with Crippen molar-refractivity contribution in [3.05, 3.63) is 47.3 Å². The molecular formula is C19H23N3O5S. The van der Waals surface area contributed by atoms with Crippen molar-refractivity contribution in [2.24, 2.45) is 0 Å². The summed E-state index contributed by atoms with van der Waals surface area (Å²) in [5, 5.41) is 3.70. The molecule has 0 radical (unpaired) electrons. The van der Waals surface area contributed by atoms with E-state index in [1.54, 1.807) is 28.4 Å². The van der Waals surface area contributed by atoms with E-state index < -0.39 is 10.0 Å². The Balaban J connectivity index is 1.59. The average molecular weight is 405 g/mol. The molecule has 9 heteroatoms. The number of hydrogen-bond acceptors (Lipinski definition) is 6. The van der Waals surface area contributed by atoms with Gasteiger partial charge in [-0.15, -0.1) is 0 Å². The maximum absolute atomic E-state index is 13.2. The first kappa shape index (κ1) is 19.1. The van der Waals surface area contributed by atoms with Gasteiger partial charge in [0.25, 0.3) is 5.91 Å². The van der Waals surface area contributed by atoms with Crippen LogP contribution in [0.1, 0.15) is 34.5 Å². The number of methoxy groups -OCH3 is 1. The summed E-state index contributed by atoms with van der Waals surface area (Å²) in [6.07, 6.45) is 3.67. The van der Waals surface area contributed by atoms with Crippen molar-refractivity contribution < 1.29 is 22.5 Å². The first-order chi connectivity index (χ1) is 13.5. The zero-order chi connectivity index (χ0) is 19.7. The highest BCUT2D eigenvalue weighted by molar-refractivity contribution is 7.89.